The zero-order valence-corrected chi connectivity index (χ0v) is 9.90. The minimum Gasteiger partial charge on any atom is -0.393 e. The molecule has 0 bridgehead atoms. The summed E-state index contributed by atoms with van der Waals surface area (Å²) in [4.78, 5) is 2.19. The first-order chi connectivity index (χ1) is 7.13. The standard InChI is InChI=1S/C13H21NO/c1-4-12-6-5-7-13(10-12)14(3)9-8-11(2)15/h5-7,10-11,15H,4,8-9H2,1-3H3. The van der Waals surface area contributed by atoms with Crippen LogP contribution < -0.4 is 4.90 Å². The van der Waals surface area contributed by atoms with Crippen molar-refractivity contribution < 1.29 is 5.11 Å². The summed E-state index contributed by atoms with van der Waals surface area (Å²) in [5.74, 6) is 0. The Hall–Kier alpha value is -1.02. The lowest BCUT2D eigenvalue weighted by atomic mass is 10.1. The van der Waals surface area contributed by atoms with Gasteiger partial charge in [-0.05, 0) is 37.5 Å². The van der Waals surface area contributed by atoms with Crippen molar-refractivity contribution in [1.29, 1.82) is 0 Å². The summed E-state index contributed by atoms with van der Waals surface area (Å²) in [6.45, 7) is 4.88. The average Bonchev–Trinajstić information content (AvgIpc) is 2.26. The van der Waals surface area contributed by atoms with E-state index in [1.165, 1.54) is 11.3 Å². The highest BCUT2D eigenvalue weighted by Gasteiger charge is 2.03. The molecular formula is C13H21NO. The van der Waals surface area contributed by atoms with Crippen molar-refractivity contribution in [2.45, 2.75) is 32.8 Å². The zero-order chi connectivity index (χ0) is 11.3. The van der Waals surface area contributed by atoms with E-state index in [0.29, 0.717) is 0 Å². The van der Waals surface area contributed by atoms with Crippen molar-refractivity contribution in [3.05, 3.63) is 29.8 Å². The van der Waals surface area contributed by atoms with E-state index in [2.05, 4.69) is 43.1 Å². The van der Waals surface area contributed by atoms with E-state index >= 15 is 0 Å². The van der Waals surface area contributed by atoms with Crippen LogP contribution in [0.25, 0.3) is 0 Å². The van der Waals surface area contributed by atoms with Crippen LogP contribution in [-0.2, 0) is 6.42 Å². The topological polar surface area (TPSA) is 23.5 Å². The molecule has 2 nitrogen and oxygen atoms in total. The average molecular weight is 207 g/mol. The number of hydrogen-bond donors (Lipinski definition) is 1. The Morgan fingerprint density at radius 3 is 2.73 bits per heavy atom. The van der Waals surface area contributed by atoms with E-state index in [-0.39, 0.29) is 6.10 Å². The summed E-state index contributed by atoms with van der Waals surface area (Å²) in [5, 5.41) is 9.22. The fourth-order valence-corrected chi connectivity index (χ4v) is 1.52. The van der Waals surface area contributed by atoms with Gasteiger partial charge in [-0.3, -0.25) is 0 Å². The number of aliphatic hydroxyl groups is 1. The maximum Gasteiger partial charge on any atom is 0.0528 e. The molecule has 15 heavy (non-hydrogen) atoms. The van der Waals surface area contributed by atoms with Crippen molar-refractivity contribution >= 4 is 5.69 Å². The largest absolute Gasteiger partial charge is 0.393 e. The molecule has 1 aromatic rings. The molecule has 0 saturated carbocycles. The van der Waals surface area contributed by atoms with Crippen LogP contribution in [0.2, 0.25) is 0 Å². The summed E-state index contributed by atoms with van der Waals surface area (Å²) in [6, 6.07) is 8.56. The maximum atomic E-state index is 9.22. The highest BCUT2D eigenvalue weighted by atomic mass is 16.3. The molecule has 0 spiro atoms. The summed E-state index contributed by atoms with van der Waals surface area (Å²) in [6.07, 6.45) is 1.66. The summed E-state index contributed by atoms with van der Waals surface area (Å²) < 4.78 is 0. The van der Waals surface area contributed by atoms with Gasteiger partial charge in [-0.2, -0.15) is 0 Å². The molecular weight excluding hydrogens is 186 g/mol. The molecule has 0 aromatic heterocycles. The number of aryl methyl sites for hydroxylation is 1. The number of aliphatic hydroxyl groups excluding tert-OH is 1. The fourth-order valence-electron chi connectivity index (χ4n) is 1.52. The predicted octanol–water partition coefficient (Wildman–Crippen LogP) is 2.46. The first kappa shape index (κ1) is 12.1. The van der Waals surface area contributed by atoms with Gasteiger partial charge in [-0.1, -0.05) is 19.1 Å². The van der Waals surface area contributed by atoms with E-state index in [0.717, 1.165) is 19.4 Å². The molecule has 1 unspecified atom stereocenters. The Kier molecular flexibility index (Phi) is 4.63. The lowest BCUT2D eigenvalue weighted by Crippen LogP contribution is -2.21. The van der Waals surface area contributed by atoms with Gasteiger partial charge in [-0.25, -0.2) is 0 Å². The molecule has 1 rings (SSSR count). The minimum absolute atomic E-state index is 0.221. The van der Waals surface area contributed by atoms with Crippen LogP contribution in [0, 0.1) is 0 Å². The van der Waals surface area contributed by atoms with E-state index in [1.807, 2.05) is 6.92 Å². The molecule has 84 valence electrons. The highest BCUT2D eigenvalue weighted by Crippen LogP contribution is 2.15. The van der Waals surface area contributed by atoms with Gasteiger partial charge in [0.25, 0.3) is 0 Å². The molecule has 0 fully saturated rings. The van der Waals surface area contributed by atoms with E-state index in [1.54, 1.807) is 0 Å². The van der Waals surface area contributed by atoms with Crippen molar-refractivity contribution in [3.8, 4) is 0 Å². The lowest BCUT2D eigenvalue weighted by molar-refractivity contribution is 0.187. The van der Waals surface area contributed by atoms with Gasteiger partial charge in [0.15, 0.2) is 0 Å². The number of hydrogen-bond acceptors (Lipinski definition) is 2. The van der Waals surface area contributed by atoms with Gasteiger partial charge in [0.1, 0.15) is 0 Å². The number of nitrogens with zero attached hydrogens (tertiary/aromatic N) is 1. The number of anilines is 1. The Morgan fingerprint density at radius 2 is 2.13 bits per heavy atom. The lowest BCUT2D eigenvalue weighted by Gasteiger charge is -2.20. The minimum atomic E-state index is -0.221. The normalized spacial score (nSPS) is 12.5. The van der Waals surface area contributed by atoms with Gasteiger partial charge < -0.3 is 10.0 Å². The third-order valence-corrected chi connectivity index (χ3v) is 2.64. The Balaban J connectivity index is 2.60. The van der Waals surface area contributed by atoms with Crippen LogP contribution in [-0.4, -0.2) is 24.8 Å². The molecule has 1 aromatic carbocycles. The Morgan fingerprint density at radius 1 is 1.40 bits per heavy atom. The molecule has 0 aliphatic carbocycles. The molecule has 0 aliphatic rings. The van der Waals surface area contributed by atoms with Crippen molar-refractivity contribution in [3.63, 3.8) is 0 Å². The van der Waals surface area contributed by atoms with E-state index < -0.39 is 0 Å². The van der Waals surface area contributed by atoms with Crippen LogP contribution in [0.3, 0.4) is 0 Å². The number of benzene rings is 1. The van der Waals surface area contributed by atoms with Gasteiger partial charge in [0, 0.05) is 19.3 Å². The third-order valence-electron chi connectivity index (χ3n) is 2.64. The third kappa shape index (κ3) is 3.92. The van der Waals surface area contributed by atoms with Crippen molar-refractivity contribution in [1.82, 2.24) is 0 Å². The molecule has 0 aliphatic heterocycles. The molecule has 0 heterocycles. The van der Waals surface area contributed by atoms with Crippen LogP contribution in [0.1, 0.15) is 25.8 Å². The van der Waals surface area contributed by atoms with Gasteiger partial charge in [0.05, 0.1) is 6.10 Å². The second kappa shape index (κ2) is 5.76. The SMILES string of the molecule is CCc1cccc(N(C)CCC(C)O)c1. The summed E-state index contributed by atoms with van der Waals surface area (Å²) >= 11 is 0. The van der Waals surface area contributed by atoms with Crippen LogP contribution in [0.4, 0.5) is 5.69 Å². The zero-order valence-electron chi connectivity index (χ0n) is 9.90. The summed E-state index contributed by atoms with van der Waals surface area (Å²) in [7, 11) is 2.07. The first-order valence-electron chi connectivity index (χ1n) is 5.61. The second-order valence-corrected chi connectivity index (χ2v) is 4.08. The quantitative estimate of drug-likeness (QED) is 0.801. The smallest absolute Gasteiger partial charge is 0.0528 e. The van der Waals surface area contributed by atoms with E-state index in [9.17, 15) is 5.11 Å². The van der Waals surface area contributed by atoms with Gasteiger partial charge in [-0.15, -0.1) is 0 Å². The second-order valence-electron chi connectivity index (χ2n) is 4.08. The van der Waals surface area contributed by atoms with E-state index in [4.69, 9.17) is 0 Å². The molecule has 2 heteroatoms. The molecule has 0 saturated heterocycles. The summed E-state index contributed by atoms with van der Waals surface area (Å²) in [5.41, 5.74) is 2.59. The van der Waals surface area contributed by atoms with Crippen LogP contribution in [0.5, 0.6) is 0 Å². The molecule has 0 amide bonds. The maximum absolute atomic E-state index is 9.22. The molecule has 0 radical (unpaired) electrons. The van der Waals surface area contributed by atoms with Crippen molar-refractivity contribution in [2.75, 3.05) is 18.5 Å². The predicted molar refractivity (Wildman–Crippen MR) is 65.4 cm³/mol. The van der Waals surface area contributed by atoms with Crippen LogP contribution >= 0.6 is 0 Å². The van der Waals surface area contributed by atoms with Crippen LogP contribution in [0.15, 0.2) is 24.3 Å². The molecule has 1 N–H and O–H groups in total. The molecule has 1 atom stereocenters. The monoisotopic (exact) mass is 207 g/mol. The number of rotatable bonds is 5. The van der Waals surface area contributed by atoms with Gasteiger partial charge >= 0.3 is 0 Å². The first-order valence-corrected chi connectivity index (χ1v) is 5.61. The highest BCUT2D eigenvalue weighted by molar-refractivity contribution is 5.47. The Labute approximate surface area is 92.5 Å². The Bertz CT molecular complexity index is 296. The van der Waals surface area contributed by atoms with Crippen molar-refractivity contribution in [2.24, 2.45) is 0 Å². The fraction of sp³-hybridized carbons (Fsp3) is 0.538. The van der Waals surface area contributed by atoms with Gasteiger partial charge in [0.2, 0.25) is 0 Å².